The molecular formula is C25H28N2O7S. The van der Waals surface area contributed by atoms with Crippen molar-refractivity contribution in [3.63, 3.8) is 0 Å². The number of hydrogen-bond donors (Lipinski definition) is 1. The van der Waals surface area contributed by atoms with Crippen LogP contribution in [-0.2, 0) is 20.9 Å². The molecule has 1 amide bonds. The van der Waals surface area contributed by atoms with Crippen molar-refractivity contribution < 1.29 is 33.1 Å². The van der Waals surface area contributed by atoms with E-state index in [1.54, 1.807) is 37.3 Å². The standard InChI is InChI=1S/C25H28N2O7S/c1-6-31-25(30)19-11-21(14(2)3)35-23(19)26-22(28)13-33-24(29)17-7-9-18(10-8-17)32-12-20-15(4)27-34-16(20)5/h7-11,14H,6,12-13H2,1-5H3,(H,26,28). The Morgan fingerprint density at radius 1 is 1.09 bits per heavy atom. The minimum absolute atomic E-state index is 0.174. The molecule has 0 aliphatic rings. The van der Waals surface area contributed by atoms with Crippen molar-refractivity contribution in [1.29, 1.82) is 0 Å². The van der Waals surface area contributed by atoms with E-state index < -0.39 is 24.5 Å². The second kappa shape index (κ2) is 11.7. The smallest absolute Gasteiger partial charge is 0.341 e. The predicted octanol–water partition coefficient (Wildman–Crippen LogP) is 5.03. The third kappa shape index (κ3) is 6.69. The van der Waals surface area contributed by atoms with Crippen LogP contribution >= 0.6 is 11.3 Å². The first-order valence-corrected chi connectivity index (χ1v) is 11.9. The van der Waals surface area contributed by atoms with Gasteiger partial charge in [-0.3, -0.25) is 4.79 Å². The Morgan fingerprint density at radius 2 is 1.80 bits per heavy atom. The summed E-state index contributed by atoms with van der Waals surface area (Å²) >= 11 is 1.29. The van der Waals surface area contributed by atoms with Gasteiger partial charge >= 0.3 is 11.9 Å². The molecule has 2 aromatic heterocycles. The van der Waals surface area contributed by atoms with E-state index in [0.717, 1.165) is 16.1 Å². The van der Waals surface area contributed by atoms with Crippen LogP contribution in [-0.4, -0.2) is 36.2 Å². The van der Waals surface area contributed by atoms with Crippen molar-refractivity contribution in [3.05, 3.63) is 63.4 Å². The molecule has 9 nitrogen and oxygen atoms in total. The molecule has 0 saturated heterocycles. The van der Waals surface area contributed by atoms with Crippen molar-refractivity contribution >= 4 is 34.2 Å². The zero-order chi connectivity index (χ0) is 25.5. The van der Waals surface area contributed by atoms with Crippen molar-refractivity contribution in [2.45, 2.75) is 47.1 Å². The molecule has 0 radical (unpaired) electrons. The molecule has 0 fully saturated rings. The molecule has 0 unspecified atom stereocenters. The number of ether oxygens (including phenoxy) is 3. The highest BCUT2D eigenvalue weighted by atomic mass is 32.1. The lowest BCUT2D eigenvalue weighted by Crippen LogP contribution is -2.21. The van der Waals surface area contributed by atoms with Crippen LogP contribution in [0.3, 0.4) is 0 Å². The Balaban J connectivity index is 1.55. The lowest BCUT2D eigenvalue weighted by Gasteiger charge is -2.08. The van der Waals surface area contributed by atoms with Crippen molar-refractivity contribution in [1.82, 2.24) is 5.16 Å². The highest BCUT2D eigenvalue weighted by molar-refractivity contribution is 7.16. The van der Waals surface area contributed by atoms with E-state index in [0.29, 0.717) is 23.1 Å². The van der Waals surface area contributed by atoms with Gasteiger partial charge in [-0.1, -0.05) is 19.0 Å². The van der Waals surface area contributed by atoms with Gasteiger partial charge in [0.25, 0.3) is 5.91 Å². The number of benzene rings is 1. The van der Waals surface area contributed by atoms with Gasteiger partial charge in [0.2, 0.25) is 0 Å². The molecular weight excluding hydrogens is 472 g/mol. The summed E-state index contributed by atoms with van der Waals surface area (Å²) in [6.07, 6.45) is 0. The number of thiophene rings is 1. The first kappa shape index (κ1) is 26.0. The van der Waals surface area contributed by atoms with Crippen LogP contribution in [0.5, 0.6) is 5.75 Å². The largest absolute Gasteiger partial charge is 0.489 e. The van der Waals surface area contributed by atoms with Crippen LogP contribution in [0.4, 0.5) is 5.00 Å². The summed E-state index contributed by atoms with van der Waals surface area (Å²) in [4.78, 5) is 37.9. The van der Waals surface area contributed by atoms with Gasteiger partial charge in [-0.2, -0.15) is 0 Å². The van der Waals surface area contributed by atoms with E-state index in [-0.39, 0.29) is 23.7 Å². The predicted molar refractivity (Wildman–Crippen MR) is 130 cm³/mol. The topological polar surface area (TPSA) is 117 Å². The summed E-state index contributed by atoms with van der Waals surface area (Å²) in [5.41, 5.74) is 2.19. The third-order valence-corrected chi connectivity index (χ3v) is 6.41. The Hall–Kier alpha value is -3.66. The van der Waals surface area contributed by atoms with Crippen LogP contribution in [0.1, 0.15) is 69.3 Å². The molecule has 10 heteroatoms. The number of hydrogen-bond acceptors (Lipinski definition) is 9. The van der Waals surface area contributed by atoms with Crippen LogP contribution in [0.15, 0.2) is 34.9 Å². The van der Waals surface area contributed by atoms with Gasteiger partial charge in [0.1, 0.15) is 23.1 Å². The van der Waals surface area contributed by atoms with Crippen LogP contribution in [0.25, 0.3) is 0 Å². The average molecular weight is 501 g/mol. The number of amides is 1. The Kier molecular flexibility index (Phi) is 8.64. The van der Waals surface area contributed by atoms with Crippen molar-refractivity contribution in [3.8, 4) is 5.75 Å². The zero-order valence-electron chi connectivity index (χ0n) is 20.3. The fraction of sp³-hybridized carbons (Fsp3) is 0.360. The van der Waals surface area contributed by atoms with Gasteiger partial charge in [0, 0.05) is 4.88 Å². The number of esters is 2. The lowest BCUT2D eigenvalue weighted by atomic mass is 10.1. The fourth-order valence-electron chi connectivity index (χ4n) is 3.08. The molecule has 0 atom stereocenters. The van der Waals surface area contributed by atoms with Gasteiger partial charge in [-0.05, 0) is 57.0 Å². The Labute approximate surface area is 207 Å². The molecule has 3 aromatic rings. The normalized spacial score (nSPS) is 10.8. The van der Waals surface area contributed by atoms with Crippen LogP contribution < -0.4 is 10.1 Å². The van der Waals surface area contributed by atoms with Crippen molar-refractivity contribution in [2.24, 2.45) is 0 Å². The zero-order valence-corrected chi connectivity index (χ0v) is 21.1. The number of nitrogens with one attached hydrogen (secondary N) is 1. The maximum Gasteiger partial charge on any atom is 0.341 e. The van der Waals surface area contributed by atoms with Gasteiger partial charge in [0.05, 0.1) is 29.0 Å². The molecule has 1 aromatic carbocycles. The minimum Gasteiger partial charge on any atom is -0.489 e. The first-order valence-electron chi connectivity index (χ1n) is 11.1. The van der Waals surface area contributed by atoms with Gasteiger partial charge < -0.3 is 24.1 Å². The van der Waals surface area contributed by atoms with Crippen molar-refractivity contribution in [2.75, 3.05) is 18.5 Å². The lowest BCUT2D eigenvalue weighted by molar-refractivity contribution is -0.119. The Bertz CT molecular complexity index is 1180. The maximum atomic E-state index is 12.4. The number of aryl methyl sites for hydroxylation is 2. The quantitative estimate of drug-likeness (QED) is 0.385. The molecule has 0 aliphatic carbocycles. The number of anilines is 1. The molecule has 0 aliphatic heterocycles. The monoisotopic (exact) mass is 500 g/mol. The highest BCUT2D eigenvalue weighted by Crippen LogP contribution is 2.33. The Morgan fingerprint density at radius 3 is 2.40 bits per heavy atom. The van der Waals surface area contributed by atoms with E-state index in [9.17, 15) is 14.4 Å². The van der Waals surface area contributed by atoms with Gasteiger partial charge in [0.15, 0.2) is 6.61 Å². The SMILES string of the molecule is CCOC(=O)c1cc(C(C)C)sc1NC(=O)COC(=O)c1ccc(OCc2c(C)noc2C)cc1. The number of nitrogens with zero attached hydrogens (tertiary/aromatic N) is 1. The van der Waals surface area contributed by atoms with E-state index >= 15 is 0 Å². The summed E-state index contributed by atoms with van der Waals surface area (Å²) in [6.45, 7) is 9.35. The second-order valence-corrected chi connectivity index (χ2v) is 9.09. The van der Waals surface area contributed by atoms with E-state index in [2.05, 4.69) is 10.5 Å². The maximum absolute atomic E-state index is 12.4. The molecule has 35 heavy (non-hydrogen) atoms. The summed E-state index contributed by atoms with van der Waals surface area (Å²) in [6, 6.07) is 8.09. The number of carbonyl (C=O) groups excluding carboxylic acids is 3. The average Bonchev–Trinajstić information content (AvgIpc) is 3.39. The summed E-state index contributed by atoms with van der Waals surface area (Å²) in [5.74, 6) is -0.298. The fourth-order valence-corrected chi connectivity index (χ4v) is 4.14. The third-order valence-electron chi connectivity index (χ3n) is 5.06. The summed E-state index contributed by atoms with van der Waals surface area (Å²) in [7, 11) is 0. The number of aromatic nitrogens is 1. The molecule has 186 valence electrons. The second-order valence-electron chi connectivity index (χ2n) is 8.01. The van der Waals surface area contributed by atoms with Gasteiger partial charge in [-0.25, -0.2) is 9.59 Å². The molecule has 2 heterocycles. The highest BCUT2D eigenvalue weighted by Gasteiger charge is 2.21. The van der Waals surface area contributed by atoms with Crippen LogP contribution in [0, 0.1) is 13.8 Å². The number of rotatable bonds is 10. The summed E-state index contributed by atoms with van der Waals surface area (Å²) in [5, 5.41) is 6.90. The van der Waals surface area contributed by atoms with Gasteiger partial charge in [-0.15, -0.1) is 11.3 Å². The number of carbonyl (C=O) groups is 3. The summed E-state index contributed by atoms with van der Waals surface area (Å²) < 4.78 is 21.0. The van der Waals surface area contributed by atoms with E-state index in [4.69, 9.17) is 18.7 Å². The van der Waals surface area contributed by atoms with E-state index in [1.165, 1.54) is 11.3 Å². The van der Waals surface area contributed by atoms with E-state index in [1.807, 2.05) is 27.7 Å². The molecule has 0 spiro atoms. The van der Waals surface area contributed by atoms with Crippen LogP contribution in [0.2, 0.25) is 0 Å². The molecule has 0 saturated carbocycles. The first-order chi connectivity index (χ1) is 16.7. The molecule has 0 bridgehead atoms. The minimum atomic E-state index is -0.655. The molecule has 1 N–H and O–H groups in total. The molecule has 3 rings (SSSR count).